The number of nitrogens with one attached hydrogen (secondary N) is 4. The number of hydrogen-bond acceptors (Lipinski definition) is 6. The van der Waals surface area contributed by atoms with E-state index in [9.17, 15) is 24.0 Å². The number of carbonyl (C=O) groups is 5. The number of nitrogens with zero attached hydrogens (tertiary/aromatic N) is 1. The van der Waals surface area contributed by atoms with E-state index in [0.717, 1.165) is 32.1 Å². The number of rotatable bonds is 26. The zero-order chi connectivity index (χ0) is 43.7. The van der Waals surface area contributed by atoms with E-state index in [-0.39, 0.29) is 73.0 Å². The monoisotopic (exact) mass is 848 g/mol. The number of carbonyl (C=O) groups excluding carboxylic acids is 5. The van der Waals surface area contributed by atoms with E-state index in [1.165, 1.54) is 62.5 Å². The molecule has 334 valence electrons. The van der Waals surface area contributed by atoms with Gasteiger partial charge in [-0.15, -0.1) is 0 Å². The van der Waals surface area contributed by atoms with Gasteiger partial charge in [-0.3, -0.25) is 24.0 Å². The van der Waals surface area contributed by atoms with Crippen LogP contribution in [0.3, 0.4) is 0 Å². The first-order valence-corrected chi connectivity index (χ1v) is 23.4. The highest BCUT2D eigenvalue weighted by Crippen LogP contribution is 2.42. The number of methoxy groups -OCH3 is 1. The lowest BCUT2D eigenvalue weighted by Crippen LogP contribution is -2.47. The van der Waals surface area contributed by atoms with Gasteiger partial charge >= 0.3 is 0 Å². The predicted octanol–water partition coefficient (Wildman–Crippen LogP) is 7.67. The van der Waals surface area contributed by atoms with Crippen LogP contribution in [0, 0.1) is 11.8 Å². The molecule has 2 unspecified atom stereocenters. The molecule has 3 aliphatic rings. The first kappa shape index (κ1) is 46.5. The van der Waals surface area contributed by atoms with E-state index in [2.05, 4.69) is 52.5 Å². The maximum Gasteiger partial charge on any atom is 0.253 e. The molecule has 3 aromatic carbocycles. The van der Waals surface area contributed by atoms with Crippen molar-refractivity contribution in [3.05, 3.63) is 107 Å². The summed E-state index contributed by atoms with van der Waals surface area (Å²) in [5.41, 5.74) is 3.09. The van der Waals surface area contributed by atoms with Gasteiger partial charge in [-0.25, -0.2) is 0 Å². The lowest BCUT2D eigenvalue weighted by Gasteiger charge is -2.19. The maximum atomic E-state index is 14.0. The van der Waals surface area contributed by atoms with Crippen molar-refractivity contribution in [3.63, 3.8) is 0 Å². The third-order valence-corrected chi connectivity index (χ3v) is 12.9. The van der Waals surface area contributed by atoms with Crippen LogP contribution in [0.1, 0.15) is 147 Å². The smallest absolute Gasteiger partial charge is 0.253 e. The summed E-state index contributed by atoms with van der Waals surface area (Å²) in [6.45, 7) is 3.57. The first-order valence-electron chi connectivity index (χ1n) is 23.4. The minimum atomic E-state index is -0.763. The molecule has 1 saturated heterocycles. The van der Waals surface area contributed by atoms with Crippen molar-refractivity contribution in [2.45, 2.75) is 133 Å². The minimum absolute atomic E-state index is 0.0236. The highest BCUT2D eigenvalue weighted by atomic mass is 16.5. The fraction of sp³-hybridized carbons (Fsp3) is 0.549. The molecular weight excluding hydrogens is 779 g/mol. The van der Waals surface area contributed by atoms with Crippen LogP contribution in [-0.2, 0) is 19.1 Å². The molecule has 11 nitrogen and oxygen atoms in total. The second-order valence-corrected chi connectivity index (χ2v) is 17.8. The van der Waals surface area contributed by atoms with Gasteiger partial charge in [0.2, 0.25) is 17.7 Å². The Morgan fingerprint density at radius 1 is 0.677 bits per heavy atom. The number of benzene rings is 3. The molecule has 0 spiro atoms. The molecule has 4 N–H and O–H groups in total. The van der Waals surface area contributed by atoms with Gasteiger partial charge in [-0.05, 0) is 67.0 Å². The number of unbranched alkanes of at least 4 members (excludes halogenated alkanes) is 10. The van der Waals surface area contributed by atoms with Crippen LogP contribution in [0.2, 0.25) is 0 Å². The van der Waals surface area contributed by atoms with Gasteiger partial charge in [0.05, 0.1) is 5.92 Å². The van der Waals surface area contributed by atoms with Crippen molar-refractivity contribution in [3.8, 4) is 0 Å². The summed E-state index contributed by atoms with van der Waals surface area (Å²) in [4.78, 5) is 69.4. The summed E-state index contributed by atoms with van der Waals surface area (Å²) >= 11 is 0. The average molecular weight is 848 g/mol. The summed E-state index contributed by atoms with van der Waals surface area (Å²) in [5, 5.41) is 12.3. The molecule has 0 aromatic heterocycles. The van der Waals surface area contributed by atoms with Gasteiger partial charge < -0.3 is 30.9 Å². The third kappa shape index (κ3) is 14.0. The average Bonchev–Trinajstić information content (AvgIpc) is 4.21. The molecule has 3 fully saturated rings. The van der Waals surface area contributed by atoms with E-state index >= 15 is 0 Å². The Hall–Kier alpha value is -5.03. The Morgan fingerprint density at radius 2 is 1.23 bits per heavy atom. The number of likely N-dealkylation sites (tertiary alicyclic amines) is 1. The van der Waals surface area contributed by atoms with Crippen LogP contribution in [0.5, 0.6) is 0 Å². The van der Waals surface area contributed by atoms with Gasteiger partial charge in [0.15, 0.2) is 0 Å². The maximum absolute atomic E-state index is 14.0. The number of hydrogen-bond donors (Lipinski definition) is 4. The first-order chi connectivity index (χ1) is 30.2. The number of ether oxygens (including phenoxy) is 1. The predicted molar refractivity (Wildman–Crippen MR) is 243 cm³/mol. The van der Waals surface area contributed by atoms with Crippen LogP contribution >= 0.6 is 0 Å². The molecule has 1 aliphatic heterocycles. The Morgan fingerprint density at radius 3 is 1.81 bits per heavy atom. The standard InChI is InChI=1S/C51H69N5O6/c1-3-4-5-6-7-8-9-10-11-12-19-29-52-50(60)44(28-30-62-2)54-48(58)38-24-26-39(27-25-38)51(61)56-34-40(31-47(57)53-45-32-41(45)36-20-15-13-16-21-36)43(35-56)49(59)55-46-33-42(46)37-22-17-14-18-23-37/h13-18,20-27,40-46H,3-12,19,28-35H2,1-2H3,(H,52,60)(H,53,57)(H,54,58)(H,55,59)/t40?,41-,42-,43-,44?,45+,46+/m1/s1. The summed E-state index contributed by atoms with van der Waals surface area (Å²) < 4.78 is 5.23. The quantitative estimate of drug-likeness (QED) is 0.0611. The molecule has 11 heteroatoms. The summed E-state index contributed by atoms with van der Waals surface area (Å²) in [6.07, 6.45) is 15.7. The van der Waals surface area contributed by atoms with Crippen LogP contribution in [0.4, 0.5) is 0 Å². The zero-order valence-electron chi connectivity index (χ0n) is 37.0. The van der Waals surface area contributed by atoms with Gasteiger partial charge in [0, 0.05) is 74.8 Å². The Balaban J connectivity index is 0.992. The second-order valence-electron chi connectivity index (χ2n) is 17.8. The second kappa shape index (κ2) is 24.0. The van der Waals surface area contributed by atoms with Crippen molar-refractivity contribution in [2.75, 3.05) is 33.4 Å². The van der Waals surface area contributed by atoms with Crippen molar-refractivity contribution in [2.24, 2.45) is 11.8 Å². The highest BCUT2D eigenvalue weighted by molar-refractivity contribution is 6.00. The molecule has 0 bridgehead atoms. The van der Waals surface area contributed by atoms with E-state index < -0.39 is 17.9 Å². The van der Waals surface area contributed by atoms with Crippen LogP contribution in [0.25, 0.3) is 0 Å². The fourth-order valence-corrected chi connectivity index (χ4v) is 9.00. The summed E-state index contributed by atoms with van der Waals surface area (Å²) in [7, 11) is 1.56. The molecule has 6 rings (SSSR count). The number of amides is 5. The fourth-order valence-electron chi connectivity index (χ4n) is 9.00. The molecule has 1 heterocycles. The van der Waals surface area contributed by atoms with Crippen molar-refractivity contribution in [1.82, 2.24) is 26.2 Å². The summed E-state index contributed by atoms with van der Waals surface area (Å²) in [6, 6.07) is 26.0. The van der Waals surface area contributed by atoms with Gasteiger partial charge in [-0.2, -0.15) is 0 Å². The normalized spacial score (nSPS) is 21.7. The summed E-state index contributed by atoms with van der Waals surface area (Å²) in [5.74, 6) is -1.52. The molecule has 3 aromatic rings. The van der Waals surface area contributed by atoms with Crippen LogP contribution in [-0.4, -0.2) is 85.9 Å². The minimum Gasteiger partial charge on any atom is -0.385 e. The zero-order valence-corrected chi connectivity index (χ0v) is 37.0. The Kier molecular flexibility index (Phi) is 18.0. The molecular formula is C51H69N5O6. The van der Waals surface area contributed by atoms with E-state index in [1.54, 1.807) is 36.3 Å². The molecule has 7 atom stereocenters. The highest BCUT2D eigenvalue weighted by Gasteiger charge is 2.46. The lowest BCUT2D eigenvalue weighted by molar-refractivity contribution is -0.127. The van der Waals surface area contributed by atoms with Gasteiger partial charge in [0.25, 0.3) is 11.8 Å². The van der Waals surface area contributed by atoms with Gasteiger partial charge in [-0.1, -0.05) is 132 Å². The van der Waals surface area contributed by atoms with Crippen molar-refractivity contribution in [1.29, 1.82) is 0 Å². The van der Waals surface area contributed by atoms with E-state index in [4.69, 9.17) is 4.74 Å². The van der Waals surface area contributed by atoms with E-state index in [0.29, 0.717) is 30.7 Å². The molecule has 2 saturated carbocycles. The third-order valence-electron chi connectivity index (χ3n) is 12.9. The largest absolute Gasteiger partial charge is 0.385 e. The van der Waals surface area contributed by atoms with Crippen molar-refractivity contribution < 1.29 is 28.7 Å². The molecule has 2 aliphatic carbocycles. The SMILES string of the molecule is CCCCCCCCCCCCCNC(=O)C(CCOC)NC(=O)c1ccc(C(=O)N2CC(CC(=O)N[C@H]3C[C@@H]3c3ccccc3)[C@H](C(=O)N[C@H]3C[C@@H]3c3ccccc3)C2)cc1. The van der Waals surface area contributed by atoms with Crippen LogP contribution in [0.15, 0.2) is 84.9 Å². The Bertz CT molecular complexity index is 1890. The molecule has 62 heavy (non-hydrogen) atoms. The van der Waals surface area contributed by atoms with E-state index in [1.807, 2.05) is 36.4 Å². The molecule has 0 radical (unpaired) electrons. The van der Waals surface area contributed by atoms with Gasteiger partial charge in [0.1, 0.15) is 6.04 Å². The topological polar surface area (TPSA) is 146 Å². The lowest BCUT2D eigenvalue weighted by atomic mass is 9.91. The Labute approximate surface area is 368 Å². The van der Waals surface area contributed by atoms with Crippen molar-refractivity contribution >= 4 is 29.5 Å². The van der Waals surface area contributed by atoms with Crippen LogP contribution < -0.4 is 21.3 Å². The molecule has 5 amide bonds.